The molecule has 0 bridgehead atoms. The van der Waals surface area contributed by atoms with Gasteiger partial charge >= 0.3 is 6.03 Å². The van der Waals surface area contributed by atoms with Gasteiger partial charge in [-0.2, -0.15) is 0 Å². The molecule has 1 saturated heterocycles. The van der Waals surface area contributed by atoms with Crippen molar-refractivity contribution in [3.8, 4) is 0 Å². The van der Waals surface area contributed by atoms with Crippen LogP contribution in [0.2, 0.25) is 0 Å². The number of hydrogen-bond donors (Lipinski definition) is 2. The number of hydrogen-bond acceptors (Lipinski definition) is 5. The summed E-state index contributed by atoms with van der Waals surface area (Å²) in [6.45, 7) is 9.47. The van der Waals surface area contributed by atoms with Gasteiger partial charge in [0, 0.05) is 31.0 Å². The van der Waals surface area contributed by atoms with E-state index < -0.39 is 12.1 Å². The SMILES string of the molecule is Cc1ccc(NC(=O)NC(=O)[C@@H](C)N(C)Cc2ccccc2N2CCOCC2)c(C)c1. The van der Waals surface area contributed by atoms with E-state index in [1.807, 2.05) is 56.1 Å². The summed E-state index contributed by atoms with van der Waals surface area (Å²) >= 11 is 0. The van der Waals surface area contributed by atoms with E-state index in [0.29, 0.717) is 12.2 Å². The first-order chi connectivity index (χ1) is 14.8. The largest absolute Gasteiger partial charge is 0.378 e. The van der Waals surface area contributed by atoms with E-state index in [1.54, 1.807) is 6.92 Å². The number of morpholine rings is 1. The highest BCUT2D eigenvalue weighted by molar-refractivity contribution is 6.03. The van der Waals surface area contributed by atoms with E-state index >= 15 is 0 Å². The Kier molecular flexibility index (Phi) is 7.65. The fourth-order valence-corrected chi connectivity index (χ4v) is 3.69. The predicted molar refractivity (Wildman–Crippen MR) is 123 cm³/mol. The number of nitrogens with zero attached hydrogens (tertiary/aromatic N) is 2. The molecule has 2 aromatic rings. The van der Waals surface area contributed by atoms with Crippen molar-refractivity contribution in [2.75, 3.05) is 43.6 Å². The Labute approximate surface area is 184 Å². The molecular weight excluding hydrogens is 392 g/mol. The summed E-state index contributed by atoms with van der Waals surface area (Å²) in [6.07, 6.45) is 0. The second-order valence-corrected chi connectivity index (χ2v) is 8.08. The fraction of sp³-hybridized carbons (Fsp3) is 0.417. The third-order valence-corrected chi connectivity index (χ3v) is 5.67. The summed E-state index contributed by atoms with van der Waals surface area (Å²) in [5.41, 5.74) is 5.07. The van der Waals surface area contributed by atoms with Crippen LogP contribution in [-0.2, 0) is 16.1 Å². The molecule has 0 saturated carbocycles. The highest BCUT2D eigenvalue weighted by atomic mass is 16.5. The van der Waals surface area contributed by atoms with Gasteiger partial charge in [-0.1, -0.05) is 35.9 Å². The van der Waals surface area contributed by atoms with Gasteiger partial charge in [0.05, 0.1) is 19.3 Å². The molecule has 7 nitrogen and oxygen atoms in total. The third kappa shape index (κ3) is 6.06. The number of carbonyl (C=O) groups excluding carboxylic acids is 2. The third-order valence-electron chi connectivity index (χ3n) is 5.67. The van der Waals surface area contributed by atoms with Crippen molar-refractivity contribution in [2.24, 2.45) is 0 Å². The van der Waals surface area contributed by atoms with Crippen molar-refractivity contribution in [1.29, 1.82) is 0 Å². The summed E-state index contributed by atoms with van der Waals surface area (Å²) in [5, 5.41) is 5.21. The lowest BCUT2D eigenvalue weighted by molar-refractivity contribution is -0.124. The van der Waals surface area contributed by atoms with Crippen molar-refractivity contribution >= 4 is 23.3 Å². The quantitative estimate of drug-likeness (QED) is 0.744. The Morgan fingerprint density at radius 3 is 2.55 bits per heavy atom. The number of ether oxygens (including phenoxy) is 1. The van der Waals surface area contributed by atoms with Crippen LogP contribution in [0.15, 0.2) is 42.5 Å². The maximum atomic E-state index is 12.7. The molecule has 0 radical (unpaired) electrons. The number of urea groups is 1. The van der Waals surface area contributed by atoms with Crippen LogP contribution in [-0.4, -0.2) is 56.2 Å². The minimum absolute atomic E-state index is 0.339. The van der Waals surface area contributed by atoms with Crippen molar-refractivity contribution in [1.82, 2.24) is 10.2 Å². The van der Waals surface area contributed by atoms with Gasteiger partial charge in [-0.3, -0.25) is 15.0 Å². The van der Waals surface area contributed by atoms with Crippen LogP contribution in [0.3, 0.4) is 0 Å². The number of amides is 3. The summed E-state index contributed by atoms with van der Waals surface area (Å²) in [7, 11) is 1.89. The van der Waals surface area contributed by atoms with Gasteiger partial charge in [-0.25, -0.2) is 4.79 Å². The Bertz CT molecular complexity index is 925. The van der Waals surface area contributed by atoms with Crippen LogP contribution in [0.25, 0.3) is 0 Å². The molecule has 0 spiro atoms. The van der Waals surface area contributed by atoms with Gasteiger partial charge in [0.15, 0.2) is 0 Å². The van der Waals surface area contributed by atoms with Gasteiger partial charge in [-0.15, -0.1) is 0 Å². The monoisotopic (exact) mass is 424 g/mol. The minimum atomic E-state index is -0.522. The minimum Gasteiger partial charge on any atom is -0.378 e. The number of likely N-dealkylation sites (N-methyl/N-ethyl adjacent to an activating group) is 1. The van der Waals surface area contributed by atoms with E-state index in [4.69, 9.17) is 4.74 Å². The first-order valence-corrected chi connectivity index (χ1v) is 10.6. The standard InChI is InChI=1S/C24H32N4O3/c1-17-9-10-21(18(2)15-17)25-24(30)26-23(29)19(3)27(4)16-20-7-5-6-8-22(20)28-11-13-31-14-12-28/h5-10,15,19H,11-14,16H2,1-4H3,(H2,25,26,29,30)/t19-/m1/s1. The lowest BCUT2D eigenvalue weighted by Crippen LogP contribution is -2.46. The molecule has 0 unspecified atom stereocenters. The zero-order valence-electron chi connectivity index (χ0n) is 18.8. The van der Waals surface area contributed by atoms with Crippen LogP contribution >= 0.6 is 0 Å². The average molecular weight is 425 g/mol. The van der Waals surface area contributed by atoms with E-state index in [-0.39, 0.29) is 5.91 Å². The molecule has 166 valence electrons. The van der Waals surface area contributed by atoms with Gasteiger partial charge in [0.25, 0.3) is 0 Å². The maximum absolute atomic E-state index is 12.7. The molecule has 31 heavy (non-hydrogen) atoms. The summed E-state index contributed by atoms with van der Waals surface area (Å²) in [5.74, 6) is -0.339. The van der Waals surface area contributed by atoms with Crippen LogP contribution in [0.5, 0.6) is 0 Å². The number of anilines is 2. The molecule has 1 heterocycles. The van der Waals surface area contributed by atoms with Gasteiger partial charge < -0.3 is 15.0 Å². The zero-order valence-corrected chi connectivity index (χ0v) is 18.8. The lowest BCUT2D eigenvalue weighted by Gasteiger charge is -2.32. The van der Waals surface area contributed by atoms with E-state index in [1.165, 1.54) is 0 Å². The van der Waals surface area contributed by atoms with Crippen LogP contribution < -0.4 is 15.5 Å². The van der Waals surface area contributed by atoms with E-state index in [0.717, 1.165) is 48.7 Å². The molecule has 2 aromatic carbocycles. The Hall–Kier alpha value is -2.90. The molecule has 1 aliphatic heterocycles. The highest BCUT2D eigenvalue weighted by Crippen LogP contribution is 2.23. The maximum Gasteiger partial charge on any atom is 0.325 e. The summed E-state index contributed by atoms with van der Waals surface area (Å²) in [6, 6.07) is 13.0. The topological polar surface area (TPSA) is 73.9 Å². The van der Waals surface area contributed by atoms with E-state index in [2.05, 4.69) is 27.7 Å². The Morgan fingerprint density at radius 1 is 1.13 bits per heavy atom. The summed E-state index contributed by atoms with van der Waals surface area (Å²) in [4.78, 5) is 29.2. The zero-order chi connectivity index (χ0) is 22.4. The van der Waals surface area contributed by atoms with Crippen molar-refractivity contribution in [3.05, 3.63) is 59.2 Å². The molecule has 7 heteroatoms. The second kappa shape index (κ2) is 10.4. The normalized spacial score (nSPS) is 14.9. The molecule has 0 aliphatic carbocycles. The van der Waals surface area contributed by atoms with Crippen molar-refractivity contribution < 1.29 is 14.3 Å². The lowest BCUT2D eigenvalue weighted by atomic mass is 10.1. The highest BCUT2D eigenvalue weighted by Gasteiger charge is 2.22. The number of imide groups is 1. The molecule has 1 fully saturated rings. The van der Waals surface area contributed by atoms with Crippen molar-refractivity contribution in [2.45, 2.75) is 33.4 Å². The molecule has 3 rings (SSSR count). The van der Waals surface area contributed by atoms with Gasteiger partial charge in [0.1, 0.15) is 0 Å². The van der Waals surface area contributed by atoms with Crippen molar-refractivity contribution in [3.63, 3.8) is 0 Å². The molecule has 1 atom stereocenters. The first-order valence-electron chi connectivity index (χ1n) is 10.6. The van der Waals surface area contributed by atoms with Crippen LogP contribution in [0.4, 0.5) is 16.2 Å². The molecule has 0 aromatic heterocycles. The Morgan fingerprint density at radius 2 is 1.84 bits per heavy atom. The number of rotatable bonds is 6. The number of aryl methyl sites for hydroxylation is 2. The van der Waals surface area contributed by atoms with E-state index in [9.17, 15) is 9.59 Å². The summed E-state index contributed by atoms with van der Waals surface area (Å²) < 4.78 is 5.46. The second-order valence-electron chi connectivity index (χ2n) is 8.08. The molecule has 1 aliphatic rings. The first kappa shape index (κ1) is 22.8. The average Bonchev–Trinajstić information content (AvgIpc) is 2.76. The Balaban J connectivity index is 1.59. The molecule has 2 N–H and O–H groups in total. The van der Waals surface area contributed by atoms with Crippen LogP contribution in [0.1, 0.15) is 23.6 Å². The van der Waals surface area contributed by atoms with Gasteiger partial charge in [-0.05, 0) is 51.1 Å². The number of benzene rings is 2. The van der Waals surface area contributed by atoms with Gasteiger partial charge in [0.2, 0.25) is 5.91 Å². The fourth-order valence-electron chi connectivity index (χ4n) is 3.69. The molecular formula is C24H32N4O3. The smallest absolute Gasteiger partial charge is 0.325 e. The number of carbonyl (C=O) groups is 2. The number of nitrogens with one attached hydrogen (secondary N) is 2. The molecule has 3 amide bonds. The number of para-hydroxylation sites is 1. The predicted octanol–water partition coefficient (Wildman–Crippen LogP) is 3.31. The van der Waals surface area contributed by atoms with Crippen LogP contribution in [0, 0.1) is 13.8 Å².